The van der Waals surface area contributed by atoms with Crippen LogP contribution in [0.25, 0.3) is 0 Å². The Morgan fingerprint density at radius 3 is 2.74 bits per heavy atom. The third-order valence-corrected chi connectivity index (χ3v) is 3.56. The molecule has 0 radical (unpaired) electrons. The van der Waals surface area contributed by atoms with Crippen molar-refractivity contribution in [2.24, 2.45) is 5.73 Å². The molecule has 0 heterocycles. The topological polar surface area (TPSA) is 64.3 Å². The minimum absolute atomic E-state index is 0.118. The van der Waals surface area contributed by atoms with Crippen molar-refractivity contribution in [2.75, 3.05) is 0 Å². The van der Waals surface area contributed by atoms with Crippen LogP contribution in [0, 0.1) is 0 Å². The second-order valence-corrected chi connectivity index (χ2v) is 5.36. The minimum atomic E-state index is -0.557. The highest BCUT2D eigenvalue weighted by molar-refractivity contribution is 9.10. The van der Waals surface area contributed by atoms with Gasteiger partial charge in [0.2, 0.25) is 0 Å². The Morgan fingerprint density at radius 1 is 1.47 bits per heavy atom. The molecule has 0 aliphatic rings. The van der Waals surface area contributed by atoms with Gasteiger partial charge in [0.1, 0.15) is 5.75 Å². The Kier molecular flexibility index (Phi) is 6.31. The van der Waals surface area contributed by atoms with Crippen molar-refractivity contribution < 1.29 is 9.53 Å². The number of benzene rings is 1. The molecule has 2 atom stereocenters. The fraction of sp³-hybridized carbons (Fsp3) is 0.500. The molecule has 4 nitrogen and oxygen atoms in total. The van der Waals surface area contributed by atoms with Gasteiger partial charge in [0, 0.05) is 18.2 Å². The van der Waals surface area contributed by atoms with Crippen LogP contribution in [0.3, 0.4) is 0 Å². The van der Waals surface area contributed by atoms with Crippen LogP contribution >= 0.6 is 15.9 Å². The quantitative estimate of drug-likeness (QED) is 0.843. The molecule has 5 heteroatoms. The van der Waals surface area contributed by atoms with Crippen molar-refractivity contribution in [2.45, 2.75) is 45.9 Å². The summed E-state index contributed by atoms with van der Waals surface area (Å²) >= 11 is 3.42. The second-order valence-electron chi connectivity index (χ2n) is 4.51. The first kappa shape index (κ1) is 16.0. The Hall–Kier alpha value is -1.07. The first-order valence-corrected chi connectivity index (χ1v) is 7.23. The molecule has 3 N–H and O–H groups in total. The van der Waals surface area contributed by atoms with E-state index in [9.17, 15) is 4.79 Å². The maximum atomic E-state index is 11.9. The van der Waals surface area contributed by atoms with Gasteiger partial charge in [-0.1, -0.05) is 19.1 Å². The maximum Gasteiger partial charge on any atom is 0.260 e. The van der Waals surface area contributed by atoms with Crippen molar-refractivity contribution >= 4 is 21.8 Å². The summed E-state index contributed by atoms with van der Waals surface area (Å²) in [5, 5.41) is 2.90. The lowest BCUT2D eigenvalue weighted by Gasteiger charge is -2.20. The number of ether oxygens (including phenoxy) is 1. The molecule has 0 aliphatic carbocycles. The fourth-order valence-electron chi connectivity index (χ4n) is 1.54. The van der Waals surface area contributed by atoms with Crippen LogP contribution in [0.2, 0.25) is 0 Å². The molecule has 0 aliphatic heterocycles. The zero-order valence-electron chi connectivity index (χ0n) is 11.6. The van der Waals surface area contributed by atoms with E-state index in [1.54, 1.807) is 6.92 Å². The second kappa shape index (κ2) is 7.50. The third-order valence-electron chi connectivity index (χ3n) is 2.93. The summed E-state index contributed by atoms with van der Waals surface area (Å²) in [6.45, 7) is 6.09. The zero-order valence-corrected chi connectivity index (χ0v) is 13.2. The highest BCUT2D eigenvalue weighted by Crippen LogP contribution is 2.29. The van der Waals surface area contributed by atoms with E-state index in [0.717, 1.165) is 16.5 Å². The molecule has 0 saturated carbocycles. The number of nitrogens with one attached hydrogen (secondary N) is 1. The molecule has 1 amide bonds. The Balaban J connectivity index is 2.76. The van der Waals surface area contributed by atoms with E-state index in [2.05, 4.69) is 21.2 Å². The van der Waals surface area contributed by atoms with Gasteiger partial charge in [-0.3, -0.25) is 4.79 Å². The van der Waals surface area contributed by atoms with Crippen LogP contribution in [0.4, 0.5) is 0 Å². The number of halogens is 1. The van der Waals surface area contributed by atoms with Crippen LogP contribution in [-0.2, 0) is 11.3 Å². The van der Waals surface area contributed by atoms with Crippen molar-refractivity contribution in [1.29, 1.82) is 0 Å². The molecule has 19 heavy (non-hydrogen) atoms. The number of hydrogen-bond acceptors (Lipinski definition) is 3. The molecule has 106 valence electrons. The lowest BCUT2D eigenvalue weighted by Crippen LogP contribution is -2.41. The van der Waals surface area contributed by atoms with E-state index >= 15 is 0 Å². The average molecular weight is 329 g/mol. The summed E-state index contributed by atoms with van der Waals surface area (Å²) in [4.78, 5) is 11.9. The first-order valence-electron chi connectivity index (χ1n) is 6.44. The number of nitrogens with two attached hydrogens (primary N) is 1. The zero-order chi connectivity index (χ0) is 14.4. The number of carbonyl (C=O) groups excluding carboxylic acids is 1. The van der Waals surface area contributed by atoms with E-state index in [1.807, 2.05) is 32.0 Å². The van der Waals surface area contributed by atoms with Gasteiger partial charge in [0.15, 0.2) is 6.10 Å². The highest BCUT2D eigenvalue weighted by atomic mass is 79.9. The monoisotopic (exact) mass is 328 g/mol. The van der Waals surface area contributed by atoms with Gasteiger partial charge in [-0.25, -0.2) is 0 Å². The van der Waals surface area contributed by atoms with Crippen molar-refractivity contribution in [3.63, 3.8) is 0 Å². The lowest BCUT2D eigenvalue weighted by atomic mass is 10.2. The Morgan fingerprint density at radius 2 is 2.16 bits per heavy atom. The first-order chi connectivity index (χ1) is 8.99. The molecule has 0 saturated heterocycles. The van der Waals surface area contributed by atoms with Gasteiger partial charge in [-0.2, -0.15) is 0 Å². The molecule has 0 fully saturated rings. The molecule has 1 rings (SSSR count). The standard InChI is InChI=1S/C14H21BrN2O2/c1-4-9(2)17-14(18)10(3)19-13-11(8-16)6-5-7-12(13)15/h5-7,9-10H,4,8,16H2,1-3H3,(H,17,18). The molecule has 0 bridgehead atoms. The Bertz CT molecular complexity index is 437. The SMILES string of the molecule is CCC(C)NC(=O)C(C)Oc1c(Br)cccc1CN. The molecule has 0 aromatic heterocycles. The Labute approximate surface area is 122 Å². The average Bonchev–Trinajstić information content (AvgIpc) is 2.40. The molecule has 1 aromatic carbocycles. The van der Waals surface area contributed by atoms with E-state index in [1.165, 1.54) is 0 Å². The van der Waals surface area contributed by atoms with Crippen molar-refractivity contribution in [3.8, 4) is 5.75 Å². The smallest absolute Gasteiger partial charge is 0.260 e. The molecular weight excluding hydrogens is 308 g/mol. The maximum absolute atomic E-state index is 11.9. The number of para-hydroxylation sites is 1. The minimum Gasteiger partial charge on any atom is -0.479 e. The van der Waals surface area contributed by atoms with E-state index in [0.29, 0.717) is 12.3 Å². The summed E-state index contributed by atoms with van der Waals surface area (Å²) in [6, 6.07) is 5.79. The molecular formula is C14H21BrN2O2. The van der Waals surface area contributed by atoms with Gasteiger partial charge >= 0.3 is 0 Å². The molecule has 0 spiro atoms. The summed E-state index contributed by atoms with van der Waals surface area (Å²) in [5.74, 6) is 0.518. The van der Waals surface area contributed by atoms with E-state index in [-0.39, 0.29) is 11.9 Å². The number of hydrogen-bond donors (Lipinski definition) is 2. The predicted octanol–water partition coefficient (Wildman–Crippen LogP) is 2.59. The van der Waals surface area contributed by atoms with Gasteiger partial charge < -0.3 is 15.8 Å². The van der Waals surface area contributed by atoms with Crippen LogP contribution < -0.4 is 15.8 Å². The number of carbonyl (C=O) groups is 1. The lowest BCUT2D eigenvalue weighted by molar-refractivity contribution is -0.127. The third kappa shape index (κ3) is 4.51. The van der Waals surface area contributed by atoms with Crippen molar-refractivity contribution in [1.82, 2.24) is 5.32 Å². The molecule has 1 aromatic rings. The van der Waals surface area contributed by atoms with E-state index in [4.69, 9.17) is 10.5 Å². The van der Waals surface area contributed by atoms with Gasteiger partial charge in [0.05, 0.1) is 4.47 Å². The van der Waals surface area contributed by atoms with E-state index < -0.39 is 6.10 Å². The number of rotatable bonds is 6. The van der Waals surface area contributed by atoms with Crippen LogP contribution in [0.5, 0.6) is 5.75 Å². The summed E-state index contributed by atoms with van der Waals surface area (Å²) in [6.07, 6.45) is 0.333. The van der Waals surface area contributed by atoms with Crippen LogP contribution in [0.15, 0.2) is 22.7 Å². The summed E-state index contributed by atoms with van der Waals surface area (Å²) in [7, 11) is 0. The highest BCUT2D eigenvalue weighted by Gasteiger charge is 2.18. The number of amides is 1. The predicted molar refractivity (Wildman–Crippen MR) is 80.0 cm³/mol. The fourth-order valence-corrected chi connectivity index (χ4v) is 2.04. The van der Waals surface area contributed by atoms with Crippen molar-refractivity contribution in [3.05, 3.63) is 28.2 Å². The van der Waals surface area contributed by atoms with Crippen LogP contribution in [0.1, 0.15) is 32.8 Å². The normalized spacial score (nSPS) is 13.7. The van der Waals surface area contributed by atoms with Gasteiger partial charge in [-0.15, -0.1) is 0 Å². The van der Waals surface area contributed by atoms with Crippen LogP contribution in [-0.4, -0.2) is 18.1 Å². The largest absolute Gasteiger partial charge is 0.479 e. The van der Waals surface area contributed by atoms with Gasteiger partial charge in [-0.05, 0) is 42.3 Å². The summed E-state index contributed by atoms with van der Waals surface area (Å²) in [5.41, 5.74) is 6.54. The van der Waals surface area contributed by atoms with Gasteiger partial charge in [0.25, 0.3) is 5.91 Å². The summed E-state index contributed by atoms with van der Waals surface area (Å²) < 4.78 is 6.54. The molecule has 2 unspecified atom stereocenters.